The Labute approximate surface area is 132 Å². The molecule has 0 saturated carbocycles. The average molecular weight is 352 g/mol. The van der Waals surface area contributed by atoms with Crippen molar-refractivity contribution in [2.24, 2.45) is 0 Å². The summed E-state index contributed by atoms with van der Waals surface area (Å²) >= 11 is 5.16. The van der Waals surface area contributed by atoms with Crippen LogP contribution >= 0.6 is 27.3 Å². The van der Waals surface area contributed by atoms with Gasteiger partial charge in [0.1, 0.15) is 0 Å². The number of aryl methyl sites for hydroxylation is 1. The maximum atomic E-state index is 12.2. The Morgan fingerprint density at radius 1 is 1.35 bits per heavy atom. The molecule has 0 N–H and O–H groups in total. The minimum atomic E-state index is 0.224. The fourth-order valence-corrected chi connectivity index (χ4v) is 3.33. The lowest BCUT2D eigenvalue weighted by atomic mass is 10.0. The molecule has 1 aromatic heterocycles. The molecule has 106 valence electrons. The second-order valence-corrected chi connectivity index (χ2v) is 7.28. The van der Waals surface area contributed by atoms with Gasteiger partial charge in [0.2, 0.25) is 0 Å². The van der Waals surface area contributed by atoms with E-state index in [2.05, 4.69) is 39.3 Å². The third kappa shape index (κ3) is 4.27. The highest BCUT2D eigenvalue weighted by Crippen LogP contribution is 2.21. The molecule has 4 heteroatoms. The van der Waals surface area contributed by atoms with Gasteiger partial charge in [-0.15, -0.1) is 11.3 Å². The number of nitrogens with zero attached hydrogens (tertiary/aromatic N) is 1. The molecule has 0 fully saturated rings. The van der Waals surface area contributed by atoms with Crippen LogP contribution in [0.3, 0.4) is 0 Å². The van der Waals surface area contributed by atoms with Crippen LogP contribution in [0, 0.1) is 6.92 Å². The second-order valence-electron chi connectivity index (χ2n) is 4.98. The molecular formula is C16H18BrNOS. The minimum absolute atomic E-state index is 0.224. The molecule has 2 nitrogen and oxygen atoms in total. The Morgan fingerprint density at radius 2 is 2.10 bits per heavy atom. The Hall–Kier alpha value is -0.970. The number of thiophene rings is 1. The van der Waals surface area contributed by atoms with Crippen molar-refractivity contribution in [3.63, 3.8) is 0 Å². The summed E-state index contributed by atoms with van der Waals surface area (Å²) in [4.78, 5) is 14.4. The van der Waals surface area contributed by atoms with Crippen molar-refractivity contribution >= 4 is 33.0 Å². The molecule has 0 radical (unpaired) electrons. The van der Waals surface area contributed by atoms with Crippen LogP contribution in [0.1, 0.15) is 27.9 Å². The van der Waals surface area contributed by atoms with E-state index in [1.807, 2.05) is 31.2 Å². The Balaban J connectivity index is 1.85. The molecule has 0 aliphatic heterocycles. The van der Waals surface area contributed by atoms with Crippen LogP contribution in [0.4, 0.5) is 0 Å². The van der Waals surface area contributed by atoms with Gasteiger partial charge in [0.15, 0.2) is 5.78 Å². The molecule has 0 aliphatic rings. The fraction of sp³-hybridized carbons (Fsp3) is 0.312. The van der Waals surface area contributed by atoms with Gasteiger partial charge in [0, 0.05) is 25.1 Å². The summed E-state index contributed by atoms with van der Waals surface area (Å²) < 4.78 is 1.15. The molecule has 0 aliphatic carbocycles. The molecule has 1 heterocycles. The molecule has 0 atom stereocenters. The predicted octanol–water partition coefficient (Wildman–Crippen LogP) is 4.52. The number of rotatable bonds is 6. The first-order chi connectivity index (χ1) is 9.56. The Morgan fingerprint density at radius 3 is 2.75 bits per heavy atom. The molecule has 1 aromatic carbocycles. The van der Waals surface area contributed by atoms with E-state index in [9.17, 15) is 4.79 Å². The second kappa shape index (κ2) is 7.16. The van der Waals surface area contributed by atoms with Crippen molar-refractivity contribution in [1.29, 1.82) is 0 Å². The van der Waals surface area contributed by atoms with Crippen molar-refractivity contribution < 1.29 is 4.79 Å². The maximum Gasteiger partial charge on any atom is 0.164 e. The van der Waals surface area contributed by atoms with E-state index >= 15 is 0 Å². The third-order valence-corrected chi connectivity index (χ3v) is 4.79. The van der Waals surface area contributed by atoms with Crippen molar-refractivity contribution in [2.45, 2.75) is 19.9 Å². The first kappa shape index (κ1) is 15.4. The number of carbonyl (C=O) groups is 1. The van der Waals surface area contributed by atoms with Gasteiger partial charge in [-0.2, -0.15) is 0 Å². The molecular weight excluding hydrogens is 334 g/mol. The summed E-state index contributed by atoms with van der Waals surface area (Å²) in [6.07, 6.45) is 0.562. The van der Waals surface area contributed by atoms with Gasteiger partial charge in [-0.05, 0) is 52.5 Å². The Bertz CT molecular complexity index is 594. The van der Waals surface area contributed by atoms with Crippen LogP contribution in [0.25, 0.3) is 0 Å². The highest BCUT2D eigenvalue weighted by atomic mass is 79.9. The zero-order valence-electron chi connectivity index (χ0n) is 11.7. The number of halogens is 1. The smallest absolute Gasteiger partial charge is 0.164 e. The number of carbonyl (C=O) groups excluding carboxylic acids is 1. The molecule has 0 unspecified atom stereocenters. The van der Waals surface area contributed by atoms with Gasteiger partial charge in [0.25, 0.3) is 0 Å². The van der Waals surface area contributed by atoms with E-state index in [0.29, 0.717) is 6.42 Å². The fourth-order valence-electron chi connectivity index (χ4n) is 2.13. The maximum absolute atomic E-state index is 12.2. The monoisotopic (exact) mass is 351 g/mol. The SMILES string of the molecule is Cc1ccccc1C(=O)CCN(C)Cc1csc(Br)c1. The number of hydrogen-bond acceptors (Lipinski definition) is 3. The summed E-state index contributed by atoms with van der Waals surface area (Å²) in [7, 11) is 2.05. The Kier molecular flexibility index (Phi) is 5.52. The van der Waals surface area contributed by atoms with Crippen LogP contribution in [0.2, 0.25) is 0 Å². The quantitative estimate of drug-likeness (QED) is 0.713. The number of hydrogen-bond donors (Lipinski definition) is 0. The van der Waals surface area contributed by atoms with E-state index in [4.69, 9.17) is 0 Å². The van der Waals surface area contributed by atoms with E-state index in [-0.39, 0.29) is 5.78 Å². The van der Waals surface area contributed by atoms with E-state index in [1.54, 1.807) is 11.3 Å². The largest absolute Gasteiger partial charge is 0.302 e. The summed E-state index contributed by atoms with van der Waals surface area (Å²) in [5, 5.41) is 2.14. The van der Waals surface area contributed by atoms with Gasteiger partial charge in [-0.3, -0.25) is 4.79 Å². The van der Waals surface area contributed by atoms with E-state index < -0.39 is 0 Å². The molecule has 0 spiro atoms. The minimum Gasteiger partial charge on any atom is -0.302 e. The number of Topliss-reactive ketones (excluding diaryl/α,β-unsaturated/α-hetero) is 1. The van der Waals surface area contributed by atoms with Crippen LogP contribution in [-0.2, 0) is 6.54 Å². The summed E-state index contributed by atoms with van der Waals surface area (Å²) in [5.74, 6) is 0.224. The highest BCUT2D eigenvalue weighted by Gasteiger charge is 2.10. The van der Waals surface area contributed by atoms with Crippen molar-refractivity contribution in [3.8, 4) is 0 Å². The standard InChI is InChI=1S/C16H18BrNOS/c1-12-5-3-4-6-14(12)15(19)7-8-18(2)10-13-9-16(17)20-11-13/h3-6,9,11H,7-8,10H2,1-2H3. The zero-order chi connectivity index (χ0) is 14.5. The average Bonchev–Trinajstić information content (AvgIpc) is 2.82. The third-order valence-electron chi connectivity index (χ3n) is 3.24. The van der Waals surface area contributed by atoms with Crippen LogP contribution < -0.4 is 0 Å². The molecule has 2 aromatic rings. The van der Waals surface area contributed by atoms with E-state index in [0.717, 1.165) is 28.0 Å². The molecule has 2 rings (SSSR count). The number of benzene rings is 1. The molecule has 0 bridgehead atoms. The molecule has 0 amide bonds. The van der Waals surface area contributed by atoms with Crippen LogP contribution in [-0.4, -0.2) is 24.3 Å². The van der Waals surface area contributed by atoms with Crippen molar-refractivity contribution in [2.75, 3.05) is 13.6 Å². The topological polar surface area (TPSA) is 20.3 Å². The first-order valence-corrected chi connectivity index (χ1v) is 8.24. The lowest BCUT2D eigenvalue weighted by Gasteiger charge is -2.15. The van der Waals surface area contributed by atoms with Gasteiger partial charge in [-0.1, -0.05) is 24.3 Å². The first-order valence-electron chi connectivity index (χ1n) is 6.56. The van der Waals surface area contributed by atoms with Crippen molar-refractivity contribution in [3.05, 3.63) is 56.2 Å². The van der Waals surface area contributed by atoms with Gasteiger partial charge >= 0.3 is 0 Å². The van der Waals surface area contributed by atoms with E-state index in [1.165, 1.54) is 5.56 Å². The van der Waals surface area contributed by atoms with Crippen LogP contribution in [0.5, 0.6) is 0 Å². The summed E-state index contributed by atoms with van der Waals surface area (Å²) in [6.45, 7) is 3.64. The zero-order valence-corrected chi connectivity index (χ0v) is 14.1. The normalized spacial score (nSPS) is 11.0. The summed E-state index contributed by atoms with van der Waals surface area (Å²) in [5.41, 5.74) is 3.19. The van der Waals surface area contributed by atoms with Gasteiger partial charge in [-0.25, -0.2) is 0 Å². The summed E-state index contributed by atoms with van der Waals surface area (Å²) in [6, 6.07) is 9.91. The lowest BCUT2D eigenvalue weighted by molar-refractivity contribution is 0.0967. The predicted molar refractivity (Wildman–Crippen MR) is 88.5 cm³/mol. The number of ketones is 1. The van der Waals surface area contributed by atoms with Crippen LogP contribution in [0.15, 0.2) is 39.5 Å². The van der Waals surface area contributed by atoms with Gasteiger partial charge in [0.05, 0.1) is 3.79 Å². The lowest BCUT2D eigenvalue weighted by Crippen LogP contribution is -2.21. The van der Waals surface area contributed by atoms with Gasteiger partial charge < -0.3 is 4.90 Å². The molecule has 20 heavy (non-hydrogen) atoms. The highest BCUT2D eigenvalue weighted by molar-refractivity contribution is 9.11. The molecule has 0 saturated heterocycles. The van der Waals surface area contributed by atoms with Crippen molar-refractivity contribution in [1.82, 2.24) is 4.90 Å².